The molecule has 0 fully saturated rings. The largest absolute Gasteiger partial charge is 0.389 e. The molecule has 0 spiro atoms. The van der Waals surface area contributed by atoms with E-state index in [0.29, 0.717) is 16.1 Å². The van der Waals surface area contributed by atoms with Crippen LogP contribution >= 0.6 is 11.6 Å². The van der Waals surface area contributed by atoms with Gasteiger partial charge in [-0.2, -0.15) is 0 Å². The summed E-state index contributed by atoms with van der Waals surface area (Å²) in [5.41, 5.74) is 7.11. The molecule has 2 aromatic carbocycles. The Morgan fingerprint density at radius 3 is 2.74 bits per heavy atom. The molecule has 0 amide bonds. The zero-order valence-corrected chi connectivity index (χ0v) is 10.8. The number of benzene rings is 2. The highest BCUT2D eigenvalue weighted by Crippen LogP contribution is 2.11. The number of oxime groups is 1. The van der Waals surface area contributed by atoms with Crippen molar-refractivity contribution in [3.05, 3.63) is 70.5 Å². The van der Waals surface area contributed by atoms with Gasteiger partial charge in [0.2, 0.25) is 0 Å². The molecule has 0 saturated heterocycles. The zero-order chi connectivity index (χ0) is 13.7. The Balaban J connectivity index is 1.99. The van der Waals surface area contributed by atoms with Gasteiger partial charge in [0.1, 0.15) is 12.4 Å². The molecule has 98 valence electrons. The summed E-state index contributed by atoms with van der Waals surface area (Å²) in [5, 5.41) is 4.34. The summed E-state index contributed by atoms with van der Waals surface area (Å²) < 4.78 is 12.9. The van der Waals surface area contributed by atoms with E-state index >= 15 is 0 Å². The first-order valence-corrected chi connectivity index (χ1v) is 5.99. The molecular weight excluding hydrogens is 267 g/mol. The Kier molecular flexibility index (Phi) is 4.36. The summed E-state index contributed by atoms with van der Waals surface area (Å²) in [6.07, 6.45) is 0. The molecule has 0 aliphatic rings. The van der Waals surface area contributed by atoms with Crippen LogP contribution in [-0.4, -0.2) is 5.84 Å². The number of nitrogens with two attached hydrogens (primary N) is 1. The summed E-state index contributed by atoms with van der Waals surface area (Å²) in [4.78, 5) is 5.08. The second kappa shape index (κ2) is 6.20. The Morgan fingerprint density at radius 1 is 1.21 bits per heavy atom. The average molecular weight is 279 g/mol. The van der Waals surface area contributed by atoms with E-state index in [-0.39, 0.29) is 18.3 Å². The fourth-order valence-corrected chi connectivity index (χ4v) is 1.69. The van der Waals surface area contributed by atoms with Gasteiger partial charge in [0.05, 0.1) is 0 Å². The minimum Gasteiger partial charge on any atom is -0.389 e. The van der Waals surface area contributed by atoms with Crippen LogP contribution in [0.15, 0.2) is 53.7 Å². The van der Waals surface area contributed by atoms with Gasteiger partial charge < -0.3 is 10.6 Å². The highest BCUT2D eigenvalue weighted by Gasteiger charge is 2.00. The van der Waals surface area contributed by atoms with Crippen molar-refractivity contribution in [3.8, 4) is 0 Å². The van der Waals surface area contributed by atoms with Gasteiger partial charge in [-0.05, 0) is 29.8 Å². The molecular formula is C14H12ClFN2O. The molecule has 2 rings (SSSR count). The topological polar surface area (TPSA) is 47.6 Å². The molecule has 0 heterocycles. The van der Waals surface area contributed by atoms with Crippen LogP contribution in [-0.2, 0) is 11.4 Å². The molecule has 0 radical (unpaired) electrons. The lowest BCUT2D eigenvalue weighted by atomic mass is 10.2. The summed E-state index contributed by atoms with van der Waals surface area (Å²) in [5.74, 6) is -0.0909. The Labute approximate surface area is 115 Å². The van der Waals surface area contributed by atoms with E-state index < -0.39 is 0 Å². The van der Waals surface area contributed by atoms with E-state index in [9.17, 15) is 4.39 Å². The third kappa shape index (κ3) is 3.96. The predicted molar refractivity (Wildman–Crippen MR) is 73.4 cm³/mol. The molecule has 3 nitrogen and oxygen atoms in total. The first kappa shape index (κ1) is 13.4. The number of rotatable bonds is 4. The van der Waals surface area contributed by atoms with Gasteiger partial charge in [0, 0.05) is 10.6 Å². The molecule has 0 aliphatic heterocycles. The number of halogens is 2. The fourth-order valence-electron chi connectivity index (χ4n) is 1.50. The van der Waals surface area contributed by atoms with Crippen LogP contribution in [0.2, 0.25) is 5.02 Å². The summed E-state index contributed by atoms with van der Waals surface area (Å²) >= 11 is 5.84. The van der Waals surface area contributed by atoms with Crippen LogP contribution in [0.5, 0.6) is 0 Å². The van der Waals surface area contributed by atoms with Crippen LogP contribution in [0.1, 0.15) is 11.1 Å². The van der Waals surface area contributed by atoms with Gasteiger partial charge in [-0.15, -0.1) is 0 Å². The number of nitrogens with zero attached hydrogens (tertiary/aromatic N) is 1. The van der Waals surface area contributed by atoms with Crippen LogP contribution in [0.25, 0.3) is 0 Å². The van der Waals surface area contributed by atoms with E-state index in [1.54, 1.807) is 36.4 Å². The van der Waals surface area contributed by atoms with E-state index in [1.165, 1.54) is 12.1 Å². The average Bonchev–Trinajstić information content (AvgIpc) is 2.38. The normalized spacial score (nSPS) is 11.4. The summed E-state index contributed by atoms with van der Waals surface area (Å²) in [6, 6.07) is 13.1. The zero-order valence-electron chi connectivity index (χ0n) is 10.0. The van der Waals surface area contributed by atoms with Crippen LogP contribution in [0.4, 0.5) is 4.39 Å². The molecule has 5 heteroatoms. The van der Waals surface area contributed by atoms with Gasteiger partial charge in [-0.25, -0.2) is 4.39 Å². The number of amidine groups is 1. The van der Waals surface area contributed by atoms with E-state index in [1.807, 2.05) is 0 Å². The number of hydrogen-bond donors (Lipinski definition) is 1. The van der Waals surface area contributed by atoms with Crippen molar-refractivity contribution in [2.45, 2.75) is 6.61 Å². The monoisotopic (exact) mass is 278 g/mol. The second-order valence-corrected chi connectivity index (χ2v) is 4.33. The third-order valence-electron chi connectivity index (χ3n) is 2.40. The SMILES string of the molecule is N/C(=N\OCc1cccc(F)c1)c1cccc(Cl)c1. The molecule has 19 heavy (non-hydrogen) atoms. The van der Waals surface area contributed by atoms with E-state index in [2.05, 4.69) is 5.16 Å². The quantitative estimate of drug-likeness (QED) is 0.530. The van der Waals surface area contributed by atoms with Crippen molar-refractivity contribution in [1.29, 1.82) is 0 Å². The van der Waals surface area contributed by atoms with Gasteiger partial charge in [0.25, 0.3) is 0 Å². The highest BCUT2D eigenvalue weighted by atomic mass is 35.5. The Morgan fingerprint density at radius 2 is 2.00 bits per heavy atom. The summed E-state index contributed by atoms with van der Waals surface area (Å²) in [7, 11) is 0. The van der Waals surface area contributed by atoms with Crippen LogP contribution in [0.3, 0.4) is 0 Å². The van der Waals surface area contributed by atoms with Gasteiger partial charge in [-0.3, -0.25) is 0 Å². The first-order valence-electron chi connectivity index (χ1n) is 5.61. The molecule has 0 aliphatic carbocycles. The van der Waals surface area contributed by atoms with E-state index in [0.717, 1.165) is 0 Å². The lowest BCUT2D eigenvalue weighted by molar-refractivity contribution is 0.130. The van der Waals surface area contributed by atoms with Crippen LogP contribution < -0.4 is 5.73 Å². The molecule has 0 aromatic heterocycles. The van der Waals surface area contributed by atoms with Crippen LogP contribution in [0, 0.1) is 5.82 Å². The van der Waals surface area contributed by atoms with Crippen molar-refractivity contribution in [2.75, 3.05) is 0 Å². The lowest BCUT2D eigenvalue weighted by Gasteiger charge is -2.03. The molecule has 0 unspecified atom stereocenters. The lowest BCUT2D eigenvalue weighted by Crippen LogP contribution is -2.13. The van der Waals surface area contributed by atoms with Gasteiger partial charge in [0.15, 0.2) is 5.84 Å². The second-order valence-electron chi connectivity index (χ2n) is 3.89. The molecule has 0 bridgehead atoms. The smallest absolute Gasteiger partial charge is 0.170 e. The van der Waals surface area contributed by atoms with Crippen molar-refractivity contribution in [2.24, 2.45) is 10.9 Å². The van der Waals surface area contributed by atoms with E-state index in [4.69, 9.17) is 22.2 Å². The Hall–Kier alpha value is -2.07. The first-order chi connectivity index (χ1) is 9.15. The third-order valence-corrected chi connectivity index (χ3v) is 2.64. The van der Waals surface area contributed by atoms with Gasteiger partial charge in [-0.1, -0.05) is 41.0 Å². The maximum atomic E-state index is 12.9. The standard InChI is InChI=1S/C14H12ClFN2O/c15-12-5-2-4-11(8-12)14(17)18-19-9-10-3-1-6-13(16)7-10/h1-8H,9H2,(H2,17,18). The molecule has 2 N–H and O–H groups in total. The molecule has 0 atom stereocenters. The fraction of sp³-hybridized carbons (Fsp3) is 0.0714. The molecule has 2 aromatic rings. The Bertz CT molecular complexity index is 602. The van der Waals surface area contributed by atoms with Crippen molar-refractivity contribution >= 4 is 17.4 Å². The minimum atomic E-state index is -0.312. The van der Waals surface area contributed by atoms with Crippen molar-refractivity contribution < 1.29 is 9.23 Å². The summed E-state index contributed by atoms with van der Waals surface area (Å²) in [6.45, 7) is 0.152. The van der Waals surface area contributed by atoms with Gasteiger partial charge >= 0.3 is 0 Å². The maximum absolute atomic E-state index is 12.9. The van der Waals surface area contributed by atoms with Crippen molar-refractivity contribution in [1.82, 2.24) is 0 Å². The maximum Gasteiger partial charge on any atom is 0.170 e. The number of hydrogen-bond acceptors (Lipinski definition) is 2. The van der Waals surface area contributed by atoms with Crippen molar-refractivity contribution in [3.63, 3.8) is 0 Å². The highest BCUT2D eigenvalue weighted by molar-refractivity contribution is 6.31. The predicted octanol–water partition coefficient (Wildman–Crippen LogP) is 3.32. The minimum absolute atomic E-state index is 0.152. The molecule has 0 saturated carbocycles.